The van der Waals surface area contributed by atoms with Gasteiger partial charge in [-0.2, -0.15) is 0 Å². The van der Waals surface area contributed by atoms with Crippen LogP contribution in [0.25, 0.3) is 0 Å². The van der Waals surface area contributed by atoms with Crippen molar-refractivity contribution < 1.29 is 18.7 Å². The van der Waals surface area contributed by atoms with Gasteiger partial charge >= 0.3 is 6.09 Å². The third kappa shape index (κ3) is 6.08. The van der Waals surface area contributed by atoms with Crippen LogP contribution in [0, 0.1) is 5.82 Å². The van der Waals surface area contributed by atoms with Crippen LogP contribution in [0.15, 0.2) is 24.3 Å². The minimum atomic E-state index is -0.520. The van der Waals surface area contributed by atoms with Gasteiger partial charge in [0.15, 0.2) is 0 Å². The molecule has 0 spiro atoms. The SMILES string of the molecule is CC(C)(C)OC(=O)NCCOc1cccc(F)c1. The van der Waals surface area contributed by atoms with Crippen molar-refractivity contribution in [1.29, 1.82) is 0 Å². The second kappa shape index (κ2) is 6.23. The lowest BCUT2D eigenvalue weighted by atomic mass is 10.2. The molecule has 0 radical (unpaired) electrons. The number of ether oxygens (including phenoxy) is 2. The van der Waals surface area contributed by atoms with Gasteiger partial charge < -0.3 is 14.8 Å². The number of rotatable bonds is 4. The topological polar surface area (TPSA) is 47.6 Å². The number of carbonyl (C=O) groups excluding carboxylic acids is 1. The van der Waals surface area contributed by atoms with E-state index in [0.29, 0.717) is 12.3 Å². The fourth-order valence-electron chi connectivity index (χ4n) is 1.19. The minimum Gasteiger partial charge on any atom is -0.492 e. The van der Waals surface area contributed by atoms with Crippen LogP contribution in [-0.4, -0.2) is 24.8 Å². The van der Waals surface area contributed by atoms with E-state index in [2.05, 4.69) is 5.32 Å². The Morgan fingerprint density at radius 2 is 2.11 bits per heavy atom. The van der Waals surface area contributed by atoms with Gasteiger partial charge in [-0.1, -0.05) is 6.07 Å². The zero-order valence-electron chi connectivity index (χ0n) is 10.8. The third-order valence-electron chi connectivity index (χ3n) is 1.84. The summed E-state index contributed by atoms with van der Waals surface area (Å²) >= 11 is 0. The van der Waals surface area contributed by atoms with Crippen LogP contribution < -0.4 is 10.1 Å². The van der Waals surface area contributed by atoms with Crippen molar-refractivity contribution in [2.45, 2.75) is 26.4 Å². The zero-order valence-corrected chi connectivity index (χ0v) is 10.8. The molecule has 4 nitrogen and oxygen atoms in total. The average molecular weight is 255 g/mol. The maximum absolute atomic E-state index is 12.8. The van der Waals surface area contributed by atoms with Crippen LogP contribution in [0.2, 0.25) is 0 Å². The molecule has 1 rings (SSSR count). The predicted octanol–water partition coefficient (Wildman–Crippen LogP) is 2.73. The molecule has 0 fully saturated rings. The van der Waals surface area contributed by atoms with Gasteiger partial charge in [-0.3, -0.25) is 0 Å². The Bertz CT molecular complexity index is 401. The Labute approximate surface area is 106 Å². The number of carbonyl (C=O) groups is 1. The monoisotopic (exact) mass is 255 g/mol. The van der Waals surface area contributed by atoms with Gasteiger partial charge in [0.1, 0.15) is 23.8 Å². The van der Waals surface area contributed by atoms with Crippen LogP contribution in [0.3, 0.4) is 0 Å². The first-order chi connectivity index (χ1) is 8.37. The Morgan fingerprint density at radius 3 is 2.72 bits per heavy atom. The molecule has 0 unspecified atom stereocenters. The van der Waals surface area contributed by atoms with Crippen molar-refractivity contribution in [2.75, 3.05) is 13.2 Å². The number of hydrogen-bond donors (Lipinski definition) is 1. The van der Waals surface area contributed by atoms with E-state index in [1.807, 2.05) is 0 Å². The van der Waals surface area contributed by atoms with E-state index < -0.39 is 11.7 Å². The first kappa shape index (κ1) is 14.3. The zero-order chi connectivity index (χ0) is 13.6. The minimum absolute atomic E-state index is 0.253. The number of nitrogens with one attached hydrogen (secondary N) is 1. The molecule has 1 aromatic rings. The molecule has 18 heavy (non-hydrogen) atoms. The van der Waals surface area contributed by atoms with E-state index in [1.54, 1.807) is 32.9 Å². The highest BCUT2D eigenvalue weighted by Gasteiger charge is 2.15. The highest BCUT2D eigenvalue weighted by molar-refractivity contribution is 5.67. The number of benzene rings is 1. The third-order valence-corrected chi connectivity index (χ3v) is 1.84. The van der Waals surface area contributed by atoms with Crippen LogP contribution in [0.5, 0.6) is 5.75 Å². The van der Waals surface area contributed by atoms with Crippen LogP contribution in [0.1, 0.15) is 20.8 Å². The van der Waals surface area contributed by atoms with E-state index in [4.69, 9.17) is 9.47 Å². The predicted molar refractivity (Wildman–Crippen MR) is 66.1 cm³/mol. The van der Waals surface area contributed by atoms with E-state index in [1.165, 1.54) is 12.1 Å². The van der Waals surface area contributed by atoms with Gasteiger partial charge in [0, 0.05) is 6.07 Å². The summed E-state index contributed by atoms with van der Waals surface area (Å²) in [6.07, 6.45) is -0.495. The summed E-state index contributed by atoms with van der Waals surface area (Å²) in [5.41, 5.74) is -0.520. The van der Waals surface area contributed by atoms with E-state index in [-0.39, 0.29) is 12.4 Å². The molecule has 0 aliphatic carbocycles. The summed E-state index contributed by atoms with van der Waals surface area (Å²) < 4.78 is 23.1. The summed E-state index contributed by atoms with van der Waals surface area (Å²) in [5.74, 6) is 0.0774. The largest absolute Gasteiger partial charge is 0.492 e. The fourth-order valence-corrected chi connectivity index (χ4v) is 1.19. The van der Waals surface area contributed by atoms with Crippen molar-refractivity contribution in [3.8, 4) is 5.75 Å². The van der Waals surface area contributed by atoms with Gasteiger partial charge in [0.25, 0.3) is 0 Å². The van der Waals surface area contributed by atoms with Crippen LogP contribution in [0.4, 0.5) is 9.18 Å². The molecule has 0 saturated heterocycles. The lowest BCUT2D eigenvalue weighted by Gasteiger charge is -2.19. The summed E-state index contributed by atoms with van der Waals surface area (Å²) in [4.78, 5) is 11.3. The van der Waals surface area contributed by atoms with E-state index in [0.717, 1.165) is 0 Å². The number of amides is 1. The number of hydrogen-bond acceptors (Lipinski definition) is 3. The molecular formula is C13H18FNO3. The molecule has 100 valence electrons. The van der Waals surface area contributed by atoms with Crippen LogP contribution >= 0.6 is 0 Å². The Morgan fingerprint density at radius 1 is 1.39 bits per heavy atom. The fraction of sp³-hybridized carbons (Fsp3) is 0.462. The summed E-state index contributed by atoms with van der Waals surface area (Å²) in [6, 6.07) is 5.84. The molecule has 1 N–H and O–H groups in total. The van der Waals surface area contributed by atoms with Crippen molar-refractivity contribution >= 4 is 6.09 Å². The molecule has 0 saturated carbocycles. The molecule has 5 heteroatoms. The number of halogens is 1. The smallest absolute Gasteiger partial charge is 0.407 e. The molecule has 0 bridgehead atoms. The Kier molecular flexibility index (Phi) is 4.95. The molecule has 1 aromatic carbocycles. The summed E-state index contributed by atoms with van der Waals surface area (Å²) in [6.45, 7) is 5.91. The summed E-state index contributed by atoms with van der Waals surface area (Å²) in [7, 11) is 0. The first-order valence-corrected chi connectivity index (χ1v) is 5.72. The molecule has 0 aliphatic rings. The molecule has 0 aromatic heterocycles. The normalized spacial score (nSPS) is 10.9. The second-order valence-corrected chi connectivity index (χ2v) is 4.73. The highest BCUT2D eigenvalue weighted by Crippen LogP contribution is 2.11. The molecule has 0 heterocycles. The van der Waals surface area contributed by atoms with Crippen LogP contribution in [-0.2, 0) is 4.74 Å². The highest BCUT2D eigenvalue weighted by atomic mass is 19.1. The lowest BCUT2D eigenvalue weighted by Crippen LogP contribution is -2.34. The lowest BCUT2D eigenvalue weighted by molar-refractivity contribution is 0.0520. The van der Waals surface area contributed by atoms with E-state index in [9.17, 15) is 9.18 Å². The standard InChI is InChI=1S/C13H18FNO3/c1-13(2,3)18-12(16)15-7-8-17-11-6-4-5-10(14)9-11/h4-6,9H,7-8H2,1-3H3,(H,15,16). The first-order valence-electron chi connectivity index (χ1n) is 5.72. The maximum atomic E-state index is 12.8. The Balaban J connectivity index is 2.21. The molecule has 1 amide bonds. The van der Waals surface area contributed by atoms with Gasteiger partial charge in [-0.05, 0) is 32.9 Å². The molecule has 0 aliphatic heterocycles. The van der Waals surface area contributed by atoms with E-state index >= 15 is 0 Å². The Hall–Kier alpha value is -1.78. The summed E-state index contributed by atoms with van der Waals surface area (Å²) in [5, 5.41) is 2.54. The van der Waals surface area contributed by atoms with Gasteiger partial charge in [-0.25, -0.2) is 9.18 Å². The average Bonchev–Trinajstić information content (AvgIpc) is 2.22. The van der Waals surface area contributed by atoms with Crippen molar-refractivity contribution in [3.05, 3.63) is 30.1 Å². The number of alkyl carbamates (subject to hydrolysis) is 1. The van der Waals surface area contributed by atoms with Gasteiger partial charge in [0.2, 0.25) is 0 Å². The molecule has 0 atom stereocenters. The van der Waals surface area contributed by atoms with Crippen molar-refractivity contribution in [1.82, 2.24) is 5.32 Å². The van der Waals surface area contributed by atoms with Crippen molar-refractivity contribution in [2.24, 2.45) is 0 Å². The maximum Gasteiger partial charge on any atom is 0.407 e. The second-order valence-electron chi connectivity index (χ2n) is 4.73. The van der Waals surface area contributed by atoms with Gasteiger partial charge in [0.05, 0.1) is 6.54 Å². The molecular weight excluding hydrogens is 237 g/mol. The quantitative estimate of drug-likeness (QED) is 0.841. The van der Waals surface area contributed by atoms with Gasteiger partial charge in [-0.15, -0.1) is 0 Å². The van der Waals surface area contributed by atoms with Crippen molar-refractivity contribution in [3.63, 3.8) is 0 Å².